The SMILES string of the molecule is CCO[P@](=O)(c1ccc(N)cc1)N1Cc2ccccc2C[C@@H]1C(=O)NO. The van der Waals surface area contributed by atoms with Gasteiger partial charge in [0, 0.05) is 12.2 Å². The van der Waals surface area contributed by atoms with E-state index in [1.54, 1.807) is 41.3 Å². The smallest absolute Gasteiger partial charge is 0.303 e. The van der Waals surface area contributed by atoms with Crippen molar-refractivity contribution in [2.24, 2.45) is 0 Å². The van der Waals surface area contributed by atoms with E-state index in [4.69, 9.17) is 10.3 Å². The van der Waals surface area contributed by atoms with Crippen molar-refractivity contribution in [3.63, 3.8) is 0 Å². The van der Waals surface area contributed by atoms with Gasteiger partial charge in [0.05, 0.1) is 11.9 Å². The lowest BCUT2D eigenvalue weighted by Crippen LogP contribution is -2.49. The third-order valence-electron chi connectivity index (χ3n) is 4.50. The van der Waals surface area contributed by atoms with Crippen LogP contribution in [0.2, 0.25) is 0 Å². The Bertz CT molecular complexity index is 841. The molecule has 7 nitrogen and oxygen atoms in total. The average Bonchev–Trinajstić information content (AvgIpc) is 2.67. The van der Waals surface area contributed by atoms with Crippen molar-refractivity contribution in [1.29, 1.82) is 0 Å². The predicted octanol–water partition coefficient (Wildman–Crippen LogP) is 2.06. The summed E-state index contributed by atoms with van der Waals surface area (Å²) in [6, 6.07) is 13.5. The van der Waals surface area contributed by atoms with E-state index in [-0.39, 0.29) is 13.2 Å². The molecule has 0 saturated carbocycles. The lowest BCUT2D eigenvalue weighted by molar-refractivity contribution is -0.133. The van der Waals surface area contributed by atoms with Crippen LogP contribution in [0.3, 0.4) is 0 Å². The number of anilines is 1. The van der Waals surface area contributed by atoms with Crippen molar-refractivity contribution in [3.8, 4) is 0 Å². The normalized spacial score (nSPS) is 19.4. The number of benzene rings is 2. The standard InChI is InChI=1S/C18H22N3O4P/c1-2-25-26(24,16-9-7-15(19)8-10-16)21-12-14-6-4-3-5-13(14)11-17(21)18(22)20-23/h3-10,17,23H,2,11-12,19H2,1H3,(H,20,22)/t17-,26-/m1/s1. The quantitative estimate of drug-likeness (QED) is 0.320. The lowest BCUT2D eigenvalue weighted by Gasteiger charge is -2.39. The monoisotopic (exact) mass is 375 g/mol. The van der Waals surface area contributed by atoms with Gasteiger partial charge in [-0.05, 0) is 48.7 Å². The second-order valence-corrected chi connectivity index (χ2v) is 8.42. The van der Waals surface area contributed by atoms with E-state index in [1.807, 2.05) is 24.3 Å². The molecule has 0 aliphatic carbocycles. The van der Waals surface area contributed by atoms with Crippen LogP contribution in [0, 0.1) is 0 Å². The van der Waals surface area contributed by atoms with Crippen LogP contribution in [0.25, 0.3) is 0 Å². The van der Waals surface area contributed by atoms with Crippen molar-refractivity contribution in [2.45, 2.75) is 25.9 Å². The minimum Gasteiger partial charge on any atom is -0.399 e. The zero-order valence-corrected chi connectivity index (χ0v) is 15.4. The minimum absolute atomic E-state index is 0.216. The second-order valence-electron chi connectivity index (χ2n) is 6.09. The van der Waals surface area contributed by atoms with Gasteiger partial charge in [0.2, 0.25) is 0 Å². The number of carbonyl (C=O) groups is 1. The topological polar surface area (TPSA) is 105 Å². The van der Waals surface area contributed by atoms with Crippen molar-refractivity contribution < 1.29 is 19.1 Å². The Balaban J connectivity index is 2.09. The Kier molecular flexibility index (Phi) is 5.44. The number of fused-ring (bicyclic) bond motifs is 1. The Labute approximate surface area is 152 Å². The second kappa shape index (κ2) is 7.60. The van der Waals surface area contributed by atoms with E-state index in [1.165, 1.54) is 0 Å². The van der Waals surface area contributed by atoms with Crippen LogP contribution in [0.15, 0.2) is 48.5 Å². The maximum absolute atomic E-state index is 13.9. The maximum atomic E-state index is 13.9. The molecule has 0 fully saturated rings. The van der Waals surface area contributed by atoms with Crippen LogP contribution in [-0.2, 0) is 26.8 Å². The van der Waals surface area contributed by atoms with E-state index < -0.39 is 19.5 Å². The van der Waals surface area contributed by atoms with E-state index >= 15 is 0 Å². The number of hydroxylamine groups is 1. The summed E-state index contributed by atoms with van der Waals surface area (Å²) in [5.74, 6) is -0.616. The fraction of sp³-hybridized carbons (Fsp3) is 0.278. The maximum Gasteiger partial charge on any atom is 0.303 e. The molecule has 0 spiro atoms. The molecule has 0 radical (unpaired) electrons. The average molecular weight is 375 g/mol. The summed E-state index contributed by atoms with van der Waals surface area (Å²) in [4.78, 5) is 12.3. The molecule has 8 heteroatoms. The molecule has 1 aliphatic heterocycles. The van der Waals surface area contributed by atoms with Gasteiger partial charge in [-0.1, -0.05) is 24.3 Å². The minimum atomic E-state index is -3.54. The number of nitrogens with two attached hydrogens (primary N) is 1. The van der Waals surface area contributed by atoms with Gasteiger partial charge in [-0.2, -0.15) is 0 Å². The molecule has 2 aromatic carbocycles. The highest BCUT2D eigenvalue weighted by molar-refractivity contribution is 7.64. The van der Waals surface area contributed by atoms with Crippen LogP contribution in [0.1, 0.15) is 18.1 Å². The number of nitrogen functional groups attached to an aromatic ring is 1. The third kappa shape index (κ3) is 3.39. The first-order chi connectivity index (χ1) is 12.5. The summed E-state index contributed by atoms with van der Waals surface area (Å²) >= 11 is 0. The van der Waals surface area contributed by atoms with Crippen LogP contribution >= 0.6 is 7.52 Å². The molecule has 2 atom stereocenters. The Morgan fingerprint density at radius 3 is 2.54 bits per heavy atom. The number of nitrogens with zero attached hydrogens (tertiary/aromatic N) is 1. The molecule has 3 rings (SSSR count). The van der Waals surface area contributed by atoms with Crippen molar-refractivity contribution in [2.75, 3.05) is 12.3 Å². The number of hydrogen-bond donors (Lipinski definition) is 3. The fourth-order valence-electron chi connectivity index (χ4n) is 3.22. The molecule has 26 heavy (non-hydrogen) atoms. The van der Waals surface area contributed by atoms with E-state index in [0.717, 1.165) is 11.1 Å². The van der Waals surface area contributed by atoms with Gasteiger partial charge in [0.1, 0.15) is 6.04 Å². The van der Waals surface area contributed by atoms with E-state index in [2.05, 4.69) is 0 Å². The van der Waals surface area contributed by atoms with Crippen molar-refractivity contribution in [3.05, 3.63) is 59.7 Å². The molecule has 0 bridgehead atoms. The van der Waals surface area contributed by atoms with Crippen molar-refractivity contribution >= 4 is 24.4 Å². The van der Waals surface area contributed by atoms with Gasteiger partial charge >= 0.3 is 7.52 Å². The van der Waals surface area contributed by atoms with Gasteiger partial charge in [-0.3, -0.25) is 14.6 Å². The highest BCUT2D eigenvalue weighted by atomic mass is 31.2. The van der Waals surface area contributed by atoms with Crippen LogP contribution in [0.4, 0.5) is 5.69 Å². The van der Waals surface area contributed by atoms with Crippen LogP contribution in [-0.4, -0.2) is 28.4 Å². The van der Waals surface area contributed by atoms with E-state index in [0.29, 0.717) is 17.4 Å². The first-order valence-electron chi connectivity index (χ1n) is 8.38. The predicted molar refractivity (Wildman–Crippen MR) is 99.1 cm³/mol. The van der Waals surface area contributed by atoms with E-state index in [9.17, 15) is 14.6 Å². The first kappa shape index (κ1) is 18.6. The highest BCUT2D eigenvalue weighted by Gasteiger charge is 2.44. The number of hydrogen-bond acceptors (Lipinski definition) is 5. The Morgan fingerprint density at radius 2 is 1.92 bits per heavy atom. The summed E-state index contributed by atoms with van der Waals surface area (Å²) in [7, 11) is -3.54. The Morgan fingerprint density at radius 1 is 1.27 bits per heavy atom. The first-order valence-corrected chi connectivity index (χ1v) is 9.96. The Hall–Kier alpha value is -2.18. The molecule has 0 saturated heterocycles. The number of carbonyl (C=O) groups excluding carboxylic acids is 1. The number of nitrogens with one attached hydrogen (secondary N) is 1. The summed E-state index contributed by atoms with van der Waals surface area (Å²) in [5.41, 5.74) is 9.94. The summed E-state index contributed by atoms with van der Waals surface area (Å²) in [6.07, 6.45) is 0.328. The fourth-order valence-corrected chi connectivity index (χ4v) is 5.59. The molecule has 1 aliphatic rings. The van der Waals surface area contributed by atoms with Crippen LogP contribution < -0.4 is 16.5 Å². The zero-order chi connectivity index (χ0) is 18.7. The third-order valence-corrected chi connectivity index (χ3v) is 7.15. The number of rotatable bonds is 5. The van der Waals surface area contributed by atoms with Gasteiger partial charge in [-0.25, -0.2) is 10.2 Å². The highest BCUT2D eigenvalue weighted by Crippen LogP contribution is 2.53. The summed E-state index contributed by atoms with van der Waals surface area (Å²) in [5, 5.41) is 9.64. The molecular weight excluding hydrogens is 353 g/mol. The zero-order valence-electron chi connectivity index (χ0n) is 14.5. The van der Waals surface area contributed by atoms with Crippen LogP contribution in [0.5, 0.6) is 0 Å². The summed E-state index contributed by atoms with van der Waals surface area (Å²) < 4.78 is 21.2. The van der Waals surface area contributed by atoms with Gasteiger partial charge < -0.3 is 10.3 Å². The molecule has 4 N–H and O–H groups in total. The van der Waals surface area contributed by atoms with Gasteiger partial charge in [0.15, 0.2) is 0 Å². The number of amides is 1. The molecule has 138 valence electrons. The largest absolute Gasteiger partial charge is 0.399 e. The molecule has 0 aromatic heterocycles. The van der Waals surface area contributed by atoms with Gasteiger partial charge in [-0.15, -0.1) is 0 Å². The molecule has 0 unspecified atom stereocenters. The molecule has 2 aromatic rings. The van der Waals surface area contributed by atoms with Gasteiger partial charge in [0.25, 0.3) is 5.91 Å². The summed E-state index contributed by atoms with van der Waals surface area (Å²) in [6.45, 7) is 2.24. The molecule has 1 heterocycles. The van der Waals surface area contributed by atoms with Crippen molar-refractivity contribution in [1.82, 2.24) is 10.2 Å². The molecular formula is C18H22N3O4P. The molecule has 1 amide bonds. The lowest BCUT2D eigenvalue weighted by atomic mass is 9.95.